The number of Topliss-reactive ketones (excluding diaryl/α,β-unsaturated/α-hetero) is 1. The molecular weight excluding hydrogens is 490 g/mol. The summed E-state index contributed by atoms with van der Waals surface area (Å²) in [5, 5.41) is 1.08. The van der Waals surface area contributed by atoms with Gasteiger partial charge in [0.15, 0.2) is 5.78 Å². The summed E-state index contributed by atoms with van der Waals surface area (Å²) in [6.07, 6.45) is 6.52. The van der Waals surface area contributed by atoms with Crippen LogP contribution in [0.15, 0.2) is 42.0 Å². The maximum absolute atomic E-state index is 13.1. The van der Waals surface area contributed by atoms with Crippen LogP contribution < -0.4 is 4.74 Å². The van der Waals surface area contributed by atoms with Gasteiger partial charge in [-0.1, -0.05) is 32.8 Å². The highest BCUT2D eigenvalue weighted by Gasteiger charge is 2.30. The van der Waals surface area contributed by atoms with Crippen molar-refractivity contribution >= 4 is 35.0 Å². The lowest BCUT2D eigenvalue weighted by molar-refractivity contribution is -0.119. The van der Waals surface area contributed by atoms with Crippen LogP contribution in [0.4, 0.5) is 0 Å². The highest BCUT2D eigenvalue weighted by atomic mass is 16.6. The van der Waals surface area contributed by atoms with Gasteiger partial charge in [-0.3, -0.25) is 4.79 Å². The van der Waals surface area contributed by atoms with Crippen molar-refractivity contribution < 1.29 is 23.9 Å². The molecule has 4 rings (SSSR count). The van der Waals surface area contributed by atoms with E-state index in [1.165, 1.54) is 5.56 Å². The minimum Gasteiger partial charge on any atom is -0.497 e. The Morgan fingerprint density at radius 2 is 1.77 bits per heavy atom. The van der Waals surface area contributed by atoms with Crippen LogP contribution in [0.1, 0.15) is 94.1 Å². The zero-order valence-electron chi connectivity index (χ0n) is 23.9. The predicted octanol–water partition coefficient (Wildman–Crippen LogP) is 7.51. The number of carbonyl (C=O) groups is 3. The van der Waals surface area contributed by atoms with Gasteiger partial charge in [0.2, 0.25) is 0 Å². The van der Waals surface area contributed by atoms with Gasteiger partial charge in [-0.25, -0.2) is 4.79 Å². The molecule has 3 aromatic rings. The van der Waals surface area contributed by atoms with E-state index in [1.54, 1.807) is 7.11 Å². The van der Waals surface area contributed by atoms with E-state index in [0.29, 0.717) is 35.6 Å². The van der Waals surface area contributed by atoms with Crippen molar-refractivity contribution in [3.05, 3.63) is 58.7 Å². The fraction of sp³-hybridized carbons (Fsp3) is 0.424. The van der Waals surface area contributed by atoms with Crippen molar-refractivity contribution in [1.82, 2.24) is 4.57 Å². The average molecular weight is 530 g/mol. The van der Waals surface area contributed by atoms with Crippen LogP contribution >= 0.6 is 0 Å². The number of ether oxygens (including phenoxy) is 2. The van der Waals surface area contributed by atoms with Crippen molar-refractivity contribution in [2.75, 3.05) is 7.11 Å². The van der Waals surface area contributed by atoms with Crippen LogP contribution in [-0.4, -0.2) is 35.3 Å². The first kappa shape index (κ1) is 28.3. The summed E-state index contributed by atoms with van der Waals surface area (Å²) in [5.41, 5.74) is 5.47. The summed E-state index contributed by atoms with van der Waals surface area (Å²) in [7, 11) is 1.62. The van der Waals surface area contributed by atoms with Crippen LogP contribution in [-0.2, 0) is 20.9 Å². The molecule has 0 radical (unpaired) electrons. The van der Waals surface area contributed by atoms with E-state index in [4.69, 9.17) is 9.47 Å². The number of methoxy groups -OCH3 is 1. The third-order valence-corrected chi connectivity index (χ3v) is 7.22. The number of rotatable bonds is 10. The average Bonchev–Trinajstić information content (AvgIpc) is 3.09. The summed E-state index contributed by atoms with van der Waals surface area (Å²) in [4.78, 5) is 37.5. The molecule has 0 unspecified atom stereocenters. The lowest BCUT2D eigenvalue weighted by Crippen LogP contribution is -2.23. The summed E-state index contributed by atoms with van der Waals surface area (Å²) in [5.74, 6) is 0.418. The third-order valence-electron chi connectivity index (χ3n) is 7.22. The van der Waals surface area contributed by atoms with Gasteiger partial charge >= 0.3 is 5.97 Å². The Balaban J connectivity index is 2.06. The molecule has 2 heterocycles. The molecular formula is C33H39NO5. The number of hydrogen-bond acceptors (Lipinski definition) is 5. The number of benzene rings is 2. The maximum atomic E-state index is 13.1. The first-order chi connectivity index (χ1) is 18.6. The number of carbonyl (C=O) groups excluding carboxylic acids is 3. The highest BCUT2D eigenvalue weighted by Crippen LogP contribution is 2.45. The third kappa shape index (κ3) is 5.85. The molecule has 1 aliphatic heterocycles. The second-order valence-corrected chi connectivity index (χ2v) is 11.3. The predicted molar refractivity (Wildman–Crippen MR) is 155 cm³/mol. The molecule has 0 fully saturated rings. The normalized spacial score (nSPS) is 12.9. The highest BCUT2D eigenvalue weighted by molar-refractivity contribution is 6.07. The van der Waals surface area contributed by atoms with E-state index in [-0.39, 0.29) is 18.2 Å². The first-order valence-corrected chi connectivity index (χ1v) is 13.9. The van der Waals surface area contributed by atoms with E-state index >= 15 is 0 Å². The van der Waals surface area contributed by atoms with E-state index in [2.05, 4.69) is 24.5 Å². The van der Waals surface area contributed by atoms with Gasteiger partial charge in [0.25, 0.3) is 0 Å². The Morgan fingerprint density at radius 1 is 1.05 bits per heavy atom. The van der Waals surface area contributed by atoms with Gasteiger partial charge in [0.1, 0.15) is 17.6 Å². The Morgan fingerprint density at radius 3 is 2.38 bits per heavy atom. The van der Waals surface area contributed by atoms with Crippen molar-refractivity contribution in [3.63, 3.8) is 0 Å². The first-order valence-electron chi connectivity index (χ1n) is 13.9. The van der Waals surface area contributed by atoms with Gasteiger partial charge in [-0.05, 0) is 87.1 Å². The fourth-order valence-electron chi connectivity index (χ4n) is 5.62. The van der Waals surface area contributed by atoms with E-state index < -0.39 is 5.60 Å². The molecule has 0 amide bonds. The number of esters is 1. The van der Waals surface area contributed by atoms with Crippen molar-refractivity contribution in [3.8, 4) is 17.0 Å². The van der Waals surface area contributed by atoms with Crippen LogP contribution in [0.2, 0.25) is 0 Å². The fourth-order valence-corrected chi connectivity index (χ4v) is 5.62. The van der Waals surface area contributed by atoms with Gasteiger partial charge in [-0.2, -0.15) is 0 Å². The Kier molecular flexibility index (Phi) is 8.43. The van der Waals surface area contributed by atoms with Crippen molar-refractivity contribution in [1.29, 1.82) is 0 Å². The molecule has 0 saturated carbocycles. The van der Waals surface area contributed by atoms with Crippen molar-refractivity contribution in [2.45, 2.75) is 84.8 Å². The molecule has 6 nitrogen and oxygen atoms in total. The zero-order valence-corrected chi connectivity index (χ0v) is 23.9. The molecule has 1 aromatic heterocycles. The molecule has 206 valence electrons. The molecule has 6 heteroatoms. The minimum absolute atomic E-state index is 0.177. The van der Waals surface area contributed by atoms with E-state index in [9.17, 15) is 14.4 Å². The lowest BCUT2D eigenvalue weighted by Gasteiger charge is -2.20. The number of aldehydes is 1. The molecule has 1 aliphatic rings. The summed E-state index contributed by atoms with van der Waals surface area (Å²) in [6.45, 7) is 10.3. The second-order valence-electron chi connectivity index (χ2n) is 11.3. The van der Waals surface area contributed by atoms with E-state index in [0.717, 1.165) is 53.4 Å². The SMILES string of the molecule is CCCC(CCC)c1c2n(c3cc(C(=O)OC(C)(C)C)ccc13)CC(C(=O)CC=O)=Cc1cc(OC)ccc1-2. The zero-order chi connectivity index (χ0) is 28.3. The number of nitrogens with zero attached hydrogens (tertiary/aromatic N) is 1. The molecule has 39 heavy (non-hydrogen) atoms. The summed E-state index contributed by atoms with van der Waals surface area (Å²) < 4.78 is 13.4. The Bertz CT molecular complexity index is 1430. The number of allylic oxidation sites excluding steroid dienone is 1. The minimum atomic E-state index is -0.615. The van der Waals surface area contributed by atoms with Crippen LogP contribution in [0.5, 0.6) is 5.75 Å². The van der Waals surface area contributed by atoms with E-state index in [1.807, 2.05) is 57.2 Å². The summed E-state index contributed by atoms with van der Waals surface area (Å²) in [6, 6.07) is 11.7. The molecule has 2 aromatic carbocycles. The lowest BCUT2D eigenvalue weighted by atomic mass is 9.86. The second kappa shape index (κ2) is 11.6. The van der Waals surface area contributed by atoms with Gasteiger partial charge in [0, 0.05) is 22.0 Å². The maximum Gasteiger partial charge on any atom is 0.338 e. The number of aromatic nitrogens is 1. The monoisotopic (exact) mass is 529 g/mol. The molecule has 0 atom stereocenters. The molecule has 0 N–H and O–H groups in total. The topological polar surface area (TPSA) is 74.6 Å². The van der Waals surface area contributed by atoms with Gasteiger partial charge in [-0.15, -0.1) is 0 Å². The standard InChI is InChI=1S/C33H39NO5/c1-7-9-21(10-8-2)30-27-13-11-22(32(37)39-33(3,4)5)19-28(27)34-20-24(29(36)15-16-35)17-23-18-25(38-6)12-14-26(23)31(30)34/h11-14,16-19,21H,7-10,15,20H2,1-6H3. The molecule has 0 aliphatic carbocycles. The molecule has 0 saturated heterocycles. The van der Waals surface area contributed by atoms with Gasteiger partial charge < -0.3 is 18.8 Å². The number of fused-ring (bicyclic) bond motifs is 5. The number of hydrogen-bond donors (Lipinski definition) is 0. The smallest absolute Gasteiger partial charge is 0.338 e. The molecule has 0 spiro atoms. The van der Waals surface area contributed by atoms with Crippen LogP contribution in [0, 0.1) is 0 Å². The Labute approximate surface area is 231 Å². The molecule has 0 bridgehead atoms. The van der Waals surface area contributed by atoms with Crippen LogP contribution in [0.25, 0.3) is 28.2 Å². The van der Waals surface area contributed by atoms with Crippen LogP contribution in [0.3, 0.4) is 0 Å². The summed E-state index contributed by atoms with van der Waals surface area (Å²) >= 11 is 0. The van der Waals surface area contributed by atoms with Crippen molar-refractivity contribution in [2.24, 2.45) is 0 Å². The number of ketones is 1. The Hall–Kier alpha value is -3.67. The van der Waals surface area contributed by atoms with Gasteiger partial charge in [0.05, 0.1) is 31.3 Å². The quantitative estimate of drug-likeness (QED) is 0.154. The largest absolute Gasteiger partial charge is 0.497 e.